The van der Waals surface area contributed by atoms with E-state index in [9.17, 15) is 0 Å². The number of piperidine rings is 1. The predicted molar refractivity (Wildman–Crippen MR) is 59.3 cm³/mol. The molecule has 15 heavy (non-hydrogen) atoms. The molecule has 1 heterocycles. The summed E-state index contributed by atoms with van der Waals surface area (Å²) in [6, 6.07) is 0.494. The third kappa shape index (κ3) is 1.48. The average Bonchev–Trinajstić information content (AvgIpc) is 2.89. The van der Waals surface area contributed by atoms with Crippen molar-refractivity contribution in [3.8, 4) is 0 Å². The fourth-order valence-corrected chi connectivity index (χ4v) is 3.88. The van der Waals surface area contributed by atoms with Gasteiger partial charge in [-0.25, -0.2) is 0 Å². The Bertz CT molecular complexity index is 271. The van der Waals surface area contributed by atoms with Gasteiger partial charge in [-0.1, -0.05) is 11.6 Å². The van der Waals surface area contributed by atoms with Crippen LogP contribution >= 0.6 is 0 Å². The van der Waals surface area contributed by atoms with Crippen molar-refractivity contribution in [2.75, 3.05) is 13.1 Å². The predicted octanol–water partition coefficient (Wildman–Crippen LogP) is 2.10. The molecule has 84 valence electrons. The van der Waals surface area contributed by atoms with Gasteiger partial charge in [-0.2, -0.15) is 0 Å². The van der Waals surface area contributed by atoms with Crippen molar-refractivity contribution in [3.63, 3.8) is 0 Å². The van der Waals surface area contributed by atoms with Gasteiger partial charge in [-0.15, -0.1) is 0 Å². The van der Waals surface area contributed by atoms with E-state index in [-0.39, 0.29) is 0 Å². The molecule has 0 aromatic heterocycles. The molecule has 2 saturated carbocycles. The van der Waals surface area contributed by atoms with Crippen LogP contribution < -0.4 is 0 Å². The number of likely N-dealkylation sites (tertiary alicyclic amines) is 1. The Hall–Kier alpha value is -0.570. The van der Waals surface area contributed by atoms with Gasteiger partial charge in [0.1, 0.15) is 0 Å². The fourth-order valence-electron chi connectivity index (χ4n) is 3.88. The Morgan fingerprint density at radius 3 is 2.67 bits per heavy atom. The topological polar surface area (TPSA) is 35.8 Å². The average molecular weight is 208 g/mol. The van der Waals surface area contributed by atoms with E-state index in [1.54, 1.807) is 0 Å². The monoisotopic (exact) mass is 208 g/mol. The molecule has 3 atom stereocenters. The first kappa shape index (κ1) is 9.64. The van der Waals surface area contributed by atoms with E-state index in [0.29, 0.717) is 12.0 Å². The van der Waals surface area contributed by atoms with Crippen LogP contribution in [0.4, 0.5) is 0 Å². The summed E-state index contributed by atoms with van der Waals surface area (Å²) in [4.78, 5) is 2.57. The minimum absolute atomic E-state index is 0.494. The van der Waals surface area contributed by atoms with Gasteiger partial charge in [0.05, 0.1) is 11.8 Å². The van der Waals surface area contributed by atoms with Crippen molar-refractivity contribution < 1.29 is 5.21 Å². The van der Waals surface area contributed by atoms with Crippen molar-refractivity contribution >= 4 is 5.71 Å². The Labute approximate surface area is 91.1 Å². The van der Waals surface area contributed by atoms with Crippen LogP contribution in [-0.4, -0.2) is 35.0 Å². The quantitative estimate of drug-likeness (QED) is 0.529. The van der Waals surface area contributed by atoms with Crippen molar-refractivity contribution in [2.24, 2.45) is 17.0 Å². The first-order valence-electron chi connectivity index (χ1n) is 6.36. The van der Waals surface area contributed by atoms with Gasteiger partial charge < -0.3 is 5.21 Å². The summed E-state index contributed by atoms with van der Waals surface area (Å²) in [5, 5.41) is 12.8. The van der Waals surface area contributed by atoms with Crippen molar-refractivity contribution in [2.45, 2.75) is 44.6 Å². The number of hydrogen-bond donors (Lipinski definition) is 1. The van der Waals surface area contributed by atoms with E-state index in [0.717, 1.165) is 11.6 Å². The van der Waals surface area contributed by atoms with Crippen molar-refractivity contribution in [3.05, 3.63) is 0 Å². The lowest BCUT2D eigenvalue weighted by atomic mass is 9.91. The lowest BCUT2D eigenvalue weighted by Crippen LogP contribution is -2.47. The molecule has 1 aliphatic heterocycles. The van der Waals surface area contributed by atoms with E-state index in [2.05, 4.69) is 10.1 Å². The number of fused-ring (bicyclic) bond motifs is 2. The summed E-state index contributed by atoms with van der Waals surface area (Å²) in [5.41, 5.74) is 1.10. The molecule has 3 rings (SSSR count). The molecule has 0 aromatic rings. The summed E-state index contributed by atoms with van der Waals surface area (Å²) >= 11 is 0. The zero-order chi connectivity index (χ0) is 10.3. The standard InChI is InChI=1S/C12H20N2O/c15-13-11-9-4-5-10(8-9)12(11)14-6-2-1-3-7-14/h9-10,12,15H,1-8H2/b13-11-/t9-,10-,12-/m0/s1. The molecule has 3 fully saturated rings. The van der Waals surface area contributed by atoms with E-state index in [1.165, 1.54) is 51.6 Å². The van der Waals surface area contributed by atoms with Crippen molar-refractivity contribution in [1.82, 2.24) is 4.90 Å². The Morgan fingerprint density at radius 1 is 1.13 bits per heavy atom. The summed E-state index contributed by atoms with van der Waals surface area (Å²) in [6.07, 6.45) is 7.92. The van der Waals surface area contributed by atoms with Crippen LogP contribution in [-0.2, 0) is 0 Å². The molecule has 0 amide bonds. The van der Waals surface area contributed by atoms with Crippen LogP contribution in [0.3, 0.4) is 0 Å². The molecule has 0 spiro atoms. The molecule has 2 aliphatic carbocycles. The van der Waals surface area contributed by atoms with Crippen molar-refractivity contribution in [1.29, 1.82) is 0 Å². The molecule has 0 aromatic carbocycles. The van der Waals surface area contributed by atoms with Crippen LogP contribution in [0.2, 0.25) is 0 Å². The molecule has 1 saturated heterocycles. The molecule has 1 N–H and O–H groups in total. The lowest BCUT2D eigenvalue weighted by molar-refractivity contribution is 0.162. The largest absolute Gasteiger partial charge is 0.411 e. The van der Waals surface area contributed by atoms with Gasteiger partial charge in [-0.3, -0.25) is 4.90 Å². The van der Waals surface area contributed by atoms with Gasteiger partial charge in [0.25, 0.3) is 0 Å². The van der Waals surface area contributed by atoms with E-state index in [1.807, 2.05) is 0 Å². The minimum atomic E-state index is 0.494. The zero-order valence-corrected chi connectivity index (χ0v) is 9.23. The fraction of sp³-hybridized carbons (Fsp3) is 0.917. The first-order valence-corrected chi connectivity index (χ1v) is 6.36. The molecule has 0 unspecified atom stereocenters. The van der Waals surface area contributed by atoms with E-state index in [4.69, 9.17) is 5.21 Å². The second-order valence-corrected chi connectivity index (χ2v) is 5.34. The summed E-state index contributed by atoms with van der Waals surface area (Å²) in [5.74, 6) is 1.39. The summed E-state index contributed by atoms with van der Waals surface area (Å²) < 4.78 is 0. The normalized spacial score (nSPS) is 44.0. The highest BCUT2D eigenvalue weighted by molar-refractivity contribution is 5.94. The molecular formula is C12H20N2O. The maximum atomic E-state index is 9.15. The van der Waals surface area contributed by atoms with Gasteiger partial charge in [0.2, 0.25) is 0 Å². The Balaban J connectivity index is 1.79. The number of rotatable bonds is 1. The smallest absolute Gasteiger partial charge is 0.0775 e. The second-order valence-electron chi connectivity index (χ2n) is 5.34. The number of nitrogens with zero attached hydrogens (tertiary/aromatic N) is 2. The van der Waals surface area contributed by atoms with Gasteiger partial charge in [0.15, 0.2) is 0 Å². The highest BCUT2D eigenvalue weighted by Crippen LogP contribution is 2.45. The summed E-state index contributed by atoms with van der Waals surface area (Å²) in [7, 11) is 0. The van der Waals surface area contributed by atoms with Crippen LogP contribution in [0, 0.1) is 11.8 Å². The minimum Gasteiger partial charge on any atom is -0.411 e. The maximum Gasteiger partial charge on any atom is 0.0775 e. The third-order valence-electron chi connectivity index (χ3n) is 4.54. The Morgan fingerprint density at radius 2 is 1.93 bits per heavy atom. The van der Waals surface area contributed by atoms with E-state index >= 15 is 0 Å². The van der Waals surface area contributed by atoms with Gasteiger partial charge in [0, 0.05) is 5.92 Å². The van der Waals surface area contributed by atoms with Crippen LogP contribution in [0.15, 0.2) is 5.16 Å². The zero-order valence-electron chi connectivity index (χ0n) is 9.23. The van der Waals surface area contributed by atoms with E-state index < -0.39 is 0 Å². The number of hydrogen-bond acceptors (Lipinski definition) is 3. The summed E-state index contributed by atoms with van der Waals surface area (Å²) in [6.45, 7) is 2.43. The highest BCUT2D eigenvalue weighted by atomic mass is 16.4. The van der Waals surface area contributed by atoms with Gasteiger partial charge in [-0.05, 0) is 51.1 Å². The second kappa shape index (κ2) is 3.78. The molecular weight excluding hydrogens is 188 g/mol. The highest BCUT2D eigenvalue weighted by Gasteiger charge is 2.47. The van der Waals surface area contributed by atoms with Crippen LogP contribution in [0.25, 0.3) is 0 Å². The first-order chi connectivity index (χ1) is 7.40. The lowest BCUT2D eigenvalue weighted by Gasteiger charge is -2.37. The molecule has 0 radical (unpaired) electrons. The third-order valence-corrected chi connectivity index (χ3v) is 4.54. The number of oxime groups is 1. The molecule has 3 heteroatoms. The maximum absolute atomic E-state index is 9.15. The van der Waals surface area contributed by atoms with Crippen LogP contribution in [0.1, 0.15) is 38.5 Å². The SMILES string of the molecule is O/N=C1/[C@H]2CC[C@@H](C2)[C@@H]1N1CCCCC1. The van der Waals surface area contributed by atoms with Crippen LogP contribution in [0.5, 0.6) is 0 Å². The molecule has 3 aliphatic rings. The molecule has 3 nitrogen and oxygen atoms in total. The van der Waals surface area contributed by atoms with Gasteiger partial charge >= 0.3 is 0 Å². The Kier molecular flexibility index (Phi) is 2.43. The molecule has 2 bridgehead atoms.